The summed E-state index contributed by atoms with van der Waals surface area (Å²) in [7, 11) is 2.20. The Kier molecular flexibility index (Phi) is 4.65. The van der Waals surface area contributed by atoms with Gasteiger partial charge < -0.3 is 10.6 Å². The normalized spacial score (nSPS) is 17.9. The highest BCUT2D eigenvalue weighted by molar-refractivity contribution is 5.47. The topological polar surface area (TPSA) is 29.3 Å². The van der Waals surface area contributed by atoms with Gasteiger partial charge in [-0.1, -0.05) is 31.9 Å². The molecule has 1 aromatic rings. The molecule has 0 aromatic heterocycles. The second kappa shape index (κ2) is 6.24. The largest absolute Gasteiger partial charge is 0.374 e. The van der Waals surface area contributed by atoms with Crippen LogP contribution < -0.4 is 10.6 Å². The lowest BCUT2D eigenvalue weighted by atomic mass is 10.0. The zero-order valence-electron chi connectivity index (χ0n) is 11.7. The van der Waals surface area contributed by atoms with Gasteiger partial charge in [0.2, 0.25) is 0 Å². The highest BCUT2D eigenvalue weighted by atomic mass is 15.1. The van der Waals surface area contributed by atoms with E-state index < -0.39 is 0 Å². The zero-order valence-corrected chi connectivity index (χ0v) is 11.7. The quantitative estimate of drug-likeness (QED) is 0.858. The molecule has 1 aromatic carbocycles. The van der Waals surface area contributed by atoms with Crippen LogP contribution in [-0.4, -0.2) is 13.6 Å². The Morgan fingerprint density at radius 2 is 1.83 bits per heavy atom. The molecule has 0 aliphatic heterocycles. The molecule has 2 N–H and O–H groups in total. The van der Waals surface area contributed by atoms with Crippen LogP contribution in [0.15, 0.2) is 24.3 Å². The van der Waals surface area contributed by atoms with Gasteiger partial charge in [-0.25, -0.2) is 0 Å². The van der Waals surface area contributed by atoms with Crippen LogP contribution in [0.4, 0.5) is 5.69 Å². The first-order valence-corrected chi connectivity index (χ1v) is 7.27. The van der Waals surface area contributed by atoms with E-state index in [9.17, 15) is 0 Å². The fourth-order valence-electron chi connectivity index (χ4n) is 2.90. The van der Waals surface area contributed by atoms with E-state index in [-0.39, 0.29) is 6.04 Å². The average molecular weight is 246 g/mol. The van der Waals surface area contributed by atoms with Gasteiger partial charge in [-0.2, -0.15) is 0 Å². The summed E-state index contributed by atoms with van der Waals surface area (Å²) in [6.45, 7) is 3.32. The molecule has 2 nitrogen and oxygen atoms in total. The second-order valence-electron chi connectivity index (χ2n) is 5.64. The molecule has 1 fully saturated rings. The molecule has 0 radical (unpaired) electrons. The molecular weight excluding hydrogens is 220 g/mol. The summed E-state index contributed by atoms with van der Waals surface area (Å²) in [6, 6.07) is 8.95. The van der Waals surface area contributed by atoms with Gasteiger partial charge >= 0.3 is 0 Å². The zero-order chi connectivity index (χ0) is 13.0. The van der Waals surface area contributed by atoms with Crippen LogP contribution in [0.25, 0.3) is 0 Å². The van der Waals surface area contributed by atoms with Crippen molar-refractivity contribution in [1.29, 1.82) is 0 Å². The molecular formula is C16H26N2. The predicted molar refractivity (Wildman–Crippen MR) is 78.9 cm³/mol. The number of anilines is 1. The molecule has 2 heteroatoms. The third-order valence-corrected chi connectivity index (χ3v) is 4.21. The first kappa shape index (κ1) is 13.4. The van der Waals surface area contributed by atoms with Crippen molar-refractivity contribution >= 4 is 5.69 Å². The number of benzene rings is 1. The summed E-state index contributed by atoms with van der Waals surface area (Å²) in [5.41, 5.74) is 8.60. The molecule has 0 heterocycles. The van der Waals surface area contributed by atoms with Crippen molar-refractivity contribution in [2.45, 2.75) is 45.1 Å². The molecule has 1 unspecified atom stereocenters. The maximum atomic E-state index is 6.04. The van der Waals surface area contributed by atoms with E-state index in [1.54, 1.807) is 0 Å². The summed E-state index contributed by atoms with van der Waals surface area (Å²) in [5, 5.41) is 0. The molecule has 2 rings (SSSR count). The lowest BCUT2D eigenvalue weighted by Gasteiger charge is -2.23. The highest BCUT2D eigenvalue weighted by Gasteiger charge is 2.17. The molecule has 0 spiro atoms. The Labute approximate surface area is 111 Å². The minimum Gasteiger partial charge on any atom is -0.374 e. The van der Waals surface area contributed by atoms with Crippen molar-refractivity contribution in [1.82, 2.24) is 0 Å². The maximum Gasteiger partial charge on any atom is 0.0363 e. The monoisotopic (exact) mass is 246 g/mol. The van der Waals surface area contributed by atoms with Crippen molar-refractivity contribution in [2.75, 3.05) is 18.5 Å². The minimum atomic E-state index is 0.180. The van der Waals surface area contributed by atoms with E-state index >= 15 is 0 Å². The van der Waals surface area contributed by atoms with E-state index in [2.05, 4.69) is 43.1 Å². The molecule has 1 aliphatic rings. The summed E-state index contributed by atoms with van der Waals surface area (Å²) >= 11 is 0. The van der Waals surface area contributed by atoms with E-state index in [4.69, 9.17) is 5.73 Å². The van der Waals surface area contributed by atoms with E-state index in [0.717, 1.165) is 12.3 Å². The SMILES string of the molecule is CCC(N)c1ccc(N(C)CC2CCCC2)cc1. The van der Waals surface area contributed by atoms with Crippen molar-refractivity contribution in [3.8, 4) is 0 Å². The first-order chi connectivity index (χ1) is 8.70. The van der Waals surface area contributed by atoms with Crippen molar-refractivity contribution in [3.63, 3.8) is 0 Å². The van der Waals surface area contributed by atoms with Gasteiger partial charge in [0.25, 0.3) is 0 Å². The van der Waals surface area contributed by atoms with E-state index in [1.807, 2.05) is 0 Å². The smallest absolute Gasteiger partial charge is 0.0363 e. The fraction of sp³-hybridized carbons (Fsp3) is 0.625. The van der Waals surface area contributed by atoms with Crippen LogP contribution in [0.3, 0.4) is 0 Å². The third kappa shape index (κ3) is 3.26. The Morgan fingerprint density at radius 3 is 2.39 bits per heavy atom. The Morgan fingerprint density at radius 1 is 1.22 bits per heavy atom. The van der Waals surface area contributed by atoms with Gasteiger partial charge in [0.15, 0.2) is 0 Å². The van der Waals surface area contributed by atoms with Crippen molar-refractivity contribution in [3.05, 3.63) is 29.8 Å². The number of nitrogens with two attached hydrogens (primary N) is 1. The molecule has 1 saturated carbocycles. The molecule has 18 heavy (non-hydrogen) atoms. The Hall–Kier alpha value is -1.02. The van der Waals surface area contributed by atoms with Crippen LogP contribution in [-0.2, 0) is 0 Å². The summed E-state index contributed by atoms with van der Waals surface area (Å²) in [4.78, 5) is 2.39. The number of rotatable bonds is 5. The van der Waals surface area contributed by atoms with Gasteiger partial charge in [-0.15, -0.1) is 0 Å². The van der Waals surface area contributed by atoms with Crippen LogP contribution in [0, 0.1) is 5.92 Å². The molecule has 0 bridgehead atoms. The molecule has 0 amide bonds. The predicted octanol–water partition coefficient (Wildman–Crippen LogP) is 3.72. The Balaban J connectivity index is 1.95. The maximum absolute atomic E-state index is 6.04. The van der Waals surface area contributed by atoms with Crippen molar-refractivity contribution in [2.24, 2.45) is 11.7 Å². The van der Waals surface area contributed by atoms with Gasteiger partial charge in [-0.05, 0) is 42.9 Å². The average Bonchev–Trinajstić information content (AvgIpc) is 2.91. The highest BCUT2D eigenvalue weighted by Crippen LogP contribution is 2.27. The van der Waals surface area contributed by atoms with Crippen LogP contribution in [0.5, 0.6) is 0 Å². The van der Waals surface area contributed by atoms with E-state index in [0.29, 0.717) is 0 Å². The van der Waals surface area contributed by atoms with E-state index in [1.165, 1.54) is 43.5 Å². The van der Waals surface area contributed by atoms with Crippen LogP contribution >= 0.6 is 0 Å². The molecule has 1 aliphatic carbocycles. The van der Waals surface area contributed by atoms with Gasteiger partial charge in [-0.3, -0.25) is 0 Å². The molecule has 100 valence electrons. The lowest BCUT2D eigenvalue weighted by molar-refractivity contribution is 0.547. The van der Waals surface area contributed by atoms with Crippen molar-refractivity contribution < 1.29 is 0 Å². The number of hydrogen-bond acceptors (Lipinski definition) is 2. The second-order valence-corrected chi connectivity index (χ2v) is 5.64. The summed E-state index contributed by atoms with van der Waals surface area (Å²) < 4.78 is 0. The minimum absolute atomic E-state index is 0.180. The summed E-state index contributed by atoms with van der Waals surface area (Å²) in [6.07, 6.45) is 6.65. The van der Waals surface area contributed by atoms with Crippen LogP contribution in [0.1, 0.15) is 50.6 Å². The standard InChI is InChI=1S/C16H26N2/c1-3-16(17)14-8-10-15(11-9-14)18(2)12-13-6-4-5-7-13/h8-11,13,16H,3-7,12,17H2,1-2H3. The Bertz CT molecular complexity index is 352. The molecule has 1 atom stereocenters. The third-order valence-electron chi connectivity index (χ3n) is 4.21. The fourth-order valence-corrected chi connectivity index (χ4v) is 2.90. The number of nitrogens with zero attached hydrogens (tertiary/aromatic N) is 1. The first-order valence-electron chi connectivity index (χ1n) is 7.27. The molecule has 0 saturated heterocycles. The van der Waals surface area contributed by atoms with Gasteiger partial charge in [0, 0.05) is 25.3 Å². The van der Waals surface area contributed by atoms with Crippen LogP contribution in [0.2, 0.25) is 0 Å². The van der Waals surface area contributed by atoms with Gasteiger partial charge in [0.1, 0.15) is 0 Å². The summed E-state index contributed by atoms with van der Waals surface area (Å²) in [5.74, 6) is 0.896. The lowest BCUT2D eigenvalue weighted by Crippen LogP contribution is -2.24. The van der Waals surface area contributed by atoms with Gasteiger partial charge in [0.05, 0.1) is 0 Å². The number of hydrogen-bond donors (Lipinski definition) is 1.